The number of aryl methyl sites for hydroxylation is 2. The van der Waals surface area contributed by atoms with Gasteiger partial charge in [0.1, 0.15) is 24.8 Å². The Morgan fingerprint density at radius 3 is 2.42 bits per heavy atom. The Labute approximate surface area is 225 Å². The van der Waals surface area contributed by atoms with Gasteiger partial charge in [-0.25, -0.2) is 0 Å². The Morgan fingerprint density at radius 1 is 0.947 bits per heavy atom. The normalized spacial score (nSPS) is 15.8. The van der Waals surface area contributed by atoms with Gasteiger partial charge in [0.2, 0.25) is 0 Å². The Hall–Kier alpha value is -4.30. The number of nitrogens with one attached hydrogen (secondary N) is 1. The van der Waals surface area contributed by atoms with E-state index < -0.39 is 5.91 Å². The molecule has 0 spiro atoms. The lowest BCUT2D eigenvalue weighted by Crippen LogP contribution is -2.38. The van der Waals surface area contributed by atoms with E-state index in [2.05, 4.69) is 4.99 Å². The SMILES string of the molecule is COc1cc(/C=C2/C(=N)N3C(c4ccccc4)=CSC3=NC2=O)ccc1OCCOc1c(C)cccc1C. The van der Waals surface area contributed by atoms with Crippen molar-refractivity contribution < 1.29 is 19.0 Å². The summed E-state index contributed by atoms with van der Waals surface area (Å²) in [6.07, 6.45) is 1.66. The van der Waals surface area contributed by atoms with E-state index in [4.69, 9.17) is 19.6 Å². The Morgan fingerprint density at radius 2 is 1.68 bits per heavy atom. The number of thioether (sulfide) groups is 1. The number of benzene rings is 3. The molecule has 0 bridgehead atoms. The van der Waals surface area contributed by atoms with Crippen molar-refractivity contribution in [3.63, 3.8) is 0 Å². The zero-order chi connectivity index (χ0) is 26.6. The number of aliphatic imine (C=N–C) groups is 1. The number of amides is 1. The summed E-state index contributed by atoms with van der Waals surface area (Å²) in [5.74, 6) is 1.60. The summed E-state index contributed by atoms with van der Waals surface area (Å²) >= 11 is 1.34. The van der Waals surface area contributed by atoms with Crippen LogP contribution in [0.5, 0.6) is 17.2 Å². The van der Waals surface area contributed by atoms with Crippen LogP contribution in [-0.2, 0) is 4.79 Å². The Balaban J connectivity index is 1.31. The summed E-state index contributed by atoms with van der Waals surface area (Å²) in [7, 11) is 1.56. The smallest absolute Gasteiger partial charge is 0.283 e. The topological polar surface area (TPSA) is 84.2 Å². The number of ether oxygens (including phenoxy) is 3. The van der Waals surface area contributed by atoms with Gasteiger partial charge in [0.15, 0.2) is 16.7 Å². The summed E-state index contributed by atoms with van der Waals surface area (Å²) in [5, 5.41) is 11.2. The fourth-order valence-electron chi connectivity index (χ4n) is 4.30. The zero-order valence-corrected chi connectivity index (χ0v) is 22.2. The van der Waals surface area contributed by atoms with Gasteiger partial charge in [-0.2, -0.15) is 4.99 Å². The minimum absolute atomic E-state index is 0.0862. The summed E-state index contributed by atoms with van der Waals surface area (Å²) in [6, 6.07) is 21.2. The van der Waals surface area contributed by atoms with Crippen LogP contribution in [-0.4, -0.2) is 42.1 Å². The second-order valence-corrected chi connectivity index (χ2v) is 9.59. The molecule has 0 radical (unpaired) electrons. The van der Waals surface area contributed by atoms with Gasteiger partial charge in [-0.1, -0.05) is 66.4 Å². The molecule has 1 N–H and O–H groups in total. The predicted molar refractivity (Wildman–Crippen MR) is 152 cm³/mol. The van der Waals surface area contributed by atoms with Gasteiger partial charge in [-0.15, -0.1) is 0 Å². The second kappa shape index (κ2) is 11.0. The molecule has 1 amide bonds. The molecule has 7 nitrogen and oxygen atoms in total. The molecule has 2 aliphatic rings. The largest absolute Gasteiger partial charge is 0.493 e. The average Bonchev–Trinajstić information content (AvgIpc) is 3.35. The minimum atomic E-state index is -0.445. The van der Waals surface area contributed by atoms with Gasteiger partial charge in [0.25, 0.3) is 5.91 Å². The van der Waals surface area contributed by atoms with Crippen LogP contribution in [0.2, 0.25) is 0 Å². The molecule has 5 rings (SSSR count). The molecular formula is C30H27N3O4S. The maximum atomic E-state index is 12.8. The van der Waals surface area contributed by atoms with Crippen molar-refractivity contribution in [2.75, 3.05) is 20.3 Å². The van der Waals surface area contributed by atoms with Gasteiger partial charge in [0.05, 0.1) is 18.4 Å². The quantitative estimate of drug-likeness (QED) is 0.284. The molecule has 192 valence electrons. The first kappa shape index (κ1) is 25.4. The molecule has 0 saturated carbocycles. The molecule has 0 aromatic heterocycles. The highest BCUT2D eigenvalue weighted by atomic mass is 32.2. The fourth-order valence-corrected chi connectivity index (χ4v) is 5.19. The molecule has 0 atom stereocenters. The summed E-state index contributed by atoms with van der Waals surface area (Å²) in [4.78, 5) is 18.8. The first-order chi connectivity index (χ1) is 18.5. The van der Waals surface area contributed by atoms with Crippen LogP contribution < -0.4 is 14.2 Å². The number of hydrogen-bond acceptors (Lipinski definition) is 6. The first-order valence-corrected chi connectivity index (χ1v) is 13.0. The minimum Gasteiger partial charge on any atom is -0.493 e. The van der Waals surface area contributed by atoms with Gasteiger partial charge in [0, 0.05) is 5.41 Å². The zero-order valence-electron chi connectivity index (χ0n) is 21.4. The molecule has 0 saturated heterocycles. The average molecular weight is 526 g/mol. The standard InChI is InChI=1S/C30H27N3O4S/c1-19-8-7-9-20(2)27(19)37-15-14-36-25-13-12-21(17-26(25)35-3)16-23-28(31)33-24(22-10-5-4-6-11-22)18-38-30(33)32-29(23)34/h4-13,16-18,31H,14-15H2,1-3H3/b23-16-,31-28?. The van der Waals surface area contributed by atoms with E-state index in [1.807, 2.05) is 73.9 Å². The highest BCUT2D eigenvalue weighted by molar-refractivity contribution is 8.17. The number of rotatable bonds is 8. The van der Waals surface area contributed by atoms with E-state index in [0.29, 0.717) is 35.4 Å². The molecule has 0 fully saturated rings. The van der Waals surface area contributed by atoms with Gasteiger partial charge in [-0.3, -0.25) is 15.1 Å². The van der Waals surface area contributed by atoms with E-state index in [9.17, 15) is 4.79 Å². The fraction of sp³-hybridized carbons (Fsp3) is 0.167. The number of nitrogens with zero attached hydrogens (tertiary/aromatic N) is 2. The molecule has 2 aliphatic heterocycles. The Bertz CT molecular complexity index is 1470. The molecule has 0 unspecified atom stereocenters. The number of carbonyl (C=O) groups is 1. The first-order valence-electron chi connectivity index (χ1n) is 12.1. The molecule has 8 heteroatoms. The van der Waals surface area contributed by atoms with Crippen molar-refractivity contribution in [3.05, 3.63) is 100.0 Å². The van der Waals surface area contributed by atoms with Gasteiger partial charge in [-0.05, 0) is 54.3 Å². The lowest BCUT2D eigenvalue weighted by molar-refractivity contribution is -0.114. The third-order valence-corrected chi connectivity index (χ3v) is 7.00. The number of fused-ring (bicyclic) bond motifs is 1. The van der Waals surface area contributed by atoms with Crippen LogP contribution in [0.4, 0.5) is 0 Å². The molecule has 3 aromatic carbocycles. The van der Waals surface area contributed by atoms with Gasteiger partial charge >= 0.3 is 0 Å². The molecular weight excluding hydrogens is 498 g/mol. The van der Waals surface area contributed by atoms with E-state index in [-0.39, 0.29) is 11.4 Å². The van der Waals surface area contributed by atoms with Crippen molar-refractivity contribution in [3.8, 4) is 17.2 Å². The van der Waals surface area contributed by atoms with E-state index >= 15 is 0 Å². The number of carbonyl (C=O) groups excluding carboxylic acids is 1. The number of amidine groups is 2. The van der Waals surface area contributed by atoms with Crippen molar-refractivity contribution >= 4 is 40.4 Å². The summed E-state index contributed by atoms with van der Waals surface area (Å²) in [6.45, 7) is 4.76. The number of hydrogen-bond donors (Lipinski definition) is 1. The highest BCUT2D eigenvalue weighted by Gasteiger charge is 2.36. The van der Waals surface area contributed by atoms with Gasteiger partial charge < -0.3 is 14.2 Å². The van der Waals surface area contributed by atoms with Crippen LogP contribution in [0.3, 0.4) is 0 Å². The lowest BCUT2D eigenvalue weighted by atomic mass is 10.1. The maximum absolute atomic E-state index is 12.8. The lowest BCUT2D eigenvalue weighted by Gasteiger charge is -2.27. The second-order valence-electron chi connectivity index (χ2n) is 8.76. The van der Waals surface area contributed by atoms with Crippen LogP contribution in [0.1, 0.15) is 22.3 Å². The van der Waals surface area contributed by atoms with Crippen LogP contribution in [0, 0.1) is 19.3 Å². The molecule has 2 heterocycles. The highest BCUT2D eigenvalue weighted by Crippen LogP contribution is 2.37. The molecule has 3 aromatic rings. The number of methoxy groups -OCH3 is 1. The third kappa shape index (κ3) is 5.08. The summed E-state index contributed by atoms with van der Waals surface area (Å²) in [5.41, 5.74) is 4.84. The Kier molecular flexibility index (Phi) is 7.33. The van der Waals surface area contributed by atoms with Crippen molar-refractivity contribution in [1.82, 2.24) is 4.90 Å². The van der Waals surface area contributed by atoms with E-state index in [1.165, 1.54) is 11.8 Å². The van der Waals surface area contributed by atoms with Crippen molar-refractivity contribution in [2.45, 2.75) is 13.8 Å². The van der Waals surface area contributed by atoms with E-state index in [1.54, 1.807) is 30.2 Å². The van der Waals surface area contributed by atoms with Crippen LogP contribution >= 0.6 is 11.8 Å². The number of para-hydroxylation sites is 1. The van der Waals surface area contributed by atoms with E-state index in [0.717, 1.165) is 28.1 Å². The van der Waals surface area contributed by atoms with Crippen LogP contribution in [0.25, 0.3) is 11.8 Å². The third-order valence-electron chi connectivity index (χ3n) is 6.18. The van der Waals surface area contributed by atoms with Crippen molar-refractivity contribution in [2.24, 2.45) is 4.99 Å². The monoisotopic (exact) mass is 525 g/mol. The molecule has 38 heavy (non-hydrogen) atoms. The molecule has 0 aliphatic carbocycles. The van der Waals surface area contributed by atoms with Crippen LogP contribution in [0.15, 0.2) is 82.7 Å². The predicted octanol–water partition coefficient (Wildman–Crippen LogP) is 6.07. The summed E-state index contributed by atoms with van der Waals surface area (Å²) < 4.78 is 17.4. The van der Waals surface area contributed by atoms with Crippen molar-refractivity contribution in [1.29, 1.82) is 5.41 Å². The maximum Gasteiger partial charge on any atom is 0.283 e.